The SMILES string of the molecule is CCOC(OCC)n1ccnc1.Clc1ncc[nH]1. The number of aromatic nitrogens is 4. The molecule has 0 aliphatic heterocycles. The quantitative estimate of drug-likeness (QED) is 0.849. The van der Waals surface area contributed by atoms with Crippen molar-refractivity contribution in [2.45, 2.75) is 20.3 Å². The van der Waals surface area contributed by atoms with Crippen LogP contribution in [-0.4, -0.2) is 32.7 Å². The fourth-order valence-electron chi connectivity index (χ4n) is 1.15. The summed E-state index contributed by atoms with van der Waals surface area (Å²) in [5.74, 6) is 0. The molecule has 0 spiro atoms. The first-order valence-corrected chi connectivity index (χ1v) is 6.01. The minimum atomic E-state index is -0.331. The second-order valence-electron chi connectivity index (χ2n) is 3.11. The number of imidazole rings is 2. The van der Waals surface area contributed by atoms with Gasteiger partial charge >= 0.3 is 0 Å². The Bertz CT molecular complexity index is 385. The van der Waals surface area contributed by atoms with Gasteiger partial charge in [-0.3, -0.25) is 4.57 Å². The van der Waals surface area contributed by atoms with Gasteiger partial charge in [-0.25, -0.2) is 9.97 Å². The van der Waals surface area contributed by atoms with Crippen LogP contribution in [0, 0.1) is 0 Å². The summed E-state index contributed by atoms with van der Waals surface area (Å²) in [6.07, 6.45) is 8.13. The normalized spacial score (nSPS) is 10.2. The maximum absolute atomic E-state index is 5.33. The zero-order valence-corrected chi connectivity index (χ0v) is 11.2. The van der Waals surface area contributed by atoms with E-state index in [-0.39, 0.29) is 6.41 Å². The number of nitrogens with zero attached hydrogens (tertiary/aromatic N) is 3. The molecule has 0 saturated carbocycles. The maximum Gasteiger partial charge on any atom is 0.245 e. The number of rotatable bonds is 5. The van der Waals surface area contributed by atoms with Gasteiger partial charge in [0.15, 0.2) is 5.28 Å². The molecule has 2 heterocycles. The molecule has 0 amide bonds. The van der Waals surface area contributed by atoms with E-state index in [1.165, 1.54) is 0 Å². The Morgan fingerprint density at radius 3 is 2.39 bits per heavy atom. The molecule has 1 N–H and O–H groups in total. The summed E-state index contributed by atoms with van der Waals surface area (Å²) in [4.78, 5) is 10.2. The van der Waals surface area contributed by atoms with Gasteiger partial charge in [-0.05, 0) is 25.4 Å². The van der Waals surface area contributed by atoms with Crippen LogP contribution in [-0.2, 0) is 9.47 Å². The highest BCUT2D eigenvalue weighted by atomic mass is 35.5. The van der Waals surface area contributed by atoms with E-state index in [0.29, 0.717) is 18.5 Å². The van der Waals surface area contributed by atoms with E-state index in [0.717, 1.165) is 0 Å². The van der Waals surface area contributed by atoms with E-state index in [1.54, 1.807) is 29.5 Å². The van der Waals surface area contributed by atoms with Gasteiger partial charge < -0.3 is 14.5 Å². The summed E-state index contributed by atoms with van der Waals surface area (Å²) in [7, 11) is 0. The molecule has 7 heteroatoms. The molecule has 6 nitrogen and oxygen atoms in total. The average Bonchev–Trinajstić information content (AvgIpc) is 3.02. The Hall–Kier alpha value is -1.37. The molecule has 0 aliphatic carbocycles. The molecule has 100 valence electrons. The zero-order valence-electron chi connectivity index (χ0n) is 10.4. The summed E-state index contributed by atoms with van der Waals surface area (Å²) in [5, 5.41) is 0.440. The lowest BCUT2D eigenvalue weighted by Crippen LogP contribution is -2.14. The second kappa shape index (κ2) is 8.68. The molecule has 0 saturated heterocycles. The number of ether oxygens (including phenoxy) is 2. The standard InChI is InChI=1S/C8H14N2O2.C3H3ClN2/c1-3-11-8(12-4-2)10-6-5-9-7-10;4-3-5-1-2-6-3/h5-8H,3-4H2,1-2H3;1-2H,(H,5,6). The van der Waals surface area contributed by atoms with Crippen molar-refractivity contribution >= 4 is 11.6 Å². The molecule has 0 aliphatic rings. The largest absolute Gasteiger partial charge is 0.335 e. The summed E-state index contributed by atoms with van der Waals surface area (Å²) in [6.45, 7) is 5.12. The first kappa shape index (κ1) is 14.7. The lowest BCUT2D eigenvalue weighted by atomic mass is 10.8. The van der Waals surface area contributed by atoms with Gasteiger partial charge in [0.25, 0.3) is 0 Å². The fraction of sp³-hybridized carbons (Fsp3) is 0.455. The van der Waals surface area contributed by atoms with Crippen molar-refractivity contribution in [1.82, 2.24) is 19.5 Å². The minimum absolute atomic E-state index is 0.331. The van der Waals surface area contributed by atoms with Crippen LogP contribution in [0.2, 0.25) is 5.28 Å². The van der Waals surface area contributed by atoms with E-state index in [2.05, 4.69) is 15.0 Å². The first-order chi connectivity index (χ1) is 8.77. The minimum Gasteiger partial charge on any atom is -0.335 e. The summed E-state index contributed by atoms with van der Waals surface area (Å²) < 4.78 is 12.4. The Labute approximate surface area is 111 Å². The molecule has 0 radical (unpaired) electrons. The van der Waals surface area contributed by atoms with E-state index in [4.69, 9.17) is 21.1 Å². The van der Waals surface area contributed by atoms with Gasteiger partial charge in [0.1, 0.15) is 0 Å². The van der Waals surface area contributed by atoms with Crippen LogP contribution >= 0.6 is 11.6 Å². The zero-order chi connectivity index (χ0) is 13.2. The van der Waals surface area contributed by atoms with Gasteiger partial charge in [0.05, 0.1) is 6.33 Å². The van der Waals surface area contributed by atoms with Gasteiger partial charge in [0, 0.05) is 38.0 Å². The molecule has 0 unspecified atom stereocenters. The number of aromatic amines is 1. The third-order valence-corrected chi connectivity index (χ3v) is 2.06. The fourth-order valence-corrected chi connectivity index (χ4v) is 1.26. The molecular weight excluding hydrogens is 256 g/mol. The molecule has 0 atom stereocenters. The van der Waals surface area contributed by atoms with E-state index in [1.807, 2.05) is 20.0 Å². The highest BCUT2D eigenvalue weighted by Crippen LogP contribution is 2.08. The molecule has 0 bridgehead atoms. The van der Waals surface area contributed by atoms with E-state index >= 15 is 0 Å². The summed E-state index contributed by atoms with van der Waals surface area (Å²) in [5.41, 5.74) is 0. The van der Waals surface area contributed by atoms with Crippen LogP contribution in [0.3, 0.4) is 0 Å². The van der Waals surface area contributed by atoms with Crippen molar-refractivity contribution in [2.75, 3.05) is 13.2 Å². The van der Waals surface area contributed by atoms with Crippen LogP contribution in [0.15, 0.2) is 31.1 Å². The van der Waals surface area contributed by atoms with Crippen LogP contribution in [0.25, 0.3) is 0 Å². The number of halogens is 1. The van der Waals surface area contributed by atoms with Crippen LogP contribution < -0.4 is 0 Å². The lowest BCUT2D eigenvalue weighted by Gasteiger charge is -2.17. The highest BCUT2D eigenvalue weighted by molar-refractivity contribution is 6.28. The molecule has 0 aromatic carbocycles. The van der Waals surface area contributed by atoms with Crippen LogP contribution in [0.4, 0.5) is 0 Å². The molecule has 2 aromatic rings. The summed E-state index contributed by atoms with van der Waals surface area (Å²) >= 11 is 5.29. The third-order valence-electron chi connectivity index (χ3n) is 1.85. The van der Waals surface area contributed by atoms with Crippen molar-refractivity contribution < 1.29 is 9.47 Å². The van der Waals surface area contributed by atoms with Crippen molar-refractivity contribution in [3.63, 3.8) is 0 Å². The molecular formula is C11H17ClN4O2. The Kier molecular flexibility index (Phi) is 7.09. The predicted octanol–water partition coefficient (Wildman–Crippen LogP) is 2.48. The Balaban J connectivity index is 0.000000225. The number of nitrogens with one attached hydrogen (secondary N) is 1. The van der Waals surface area contributed by atoms with Crippen molar-refractivity contribution in [2.24, 2.45) is 0 Å². The van der Waals surface area contributed by atoms with Gasteiger partial charge in [-0.2, -0.15) is 0 Å². The number of hydrogen-bond acceptors (Lipinski definition) is 4. The highest BCUT2D eigenvalue weighted by Gasteiger charge is 2.07. The lowest BCUT2D eigenvalue weighted by molar-refractivity contribution is -0.186. The average molecular weight is 273 g/mol. The van der Waals surface area contributed by atoms with Crippen molar-refractivity contribution in [1.29, 1.82) is 0 Å². The topological polar surface area (TPSA) is 65.0 Å². The molecule has 0 fully saturated rings. The second-order valence-corrected chi connectivity index (χ2v) is 3.47. The smallest absolute Gasteiger partial charge is 0.245 e. The number of H-pyrrole nitrogens is 1. The van der Waals surface area contributed by atoms with E-state index in [9.17, 15) is 0 Å². The van der Waals surface area contributed by atoms with Crippen molar-refractivity contribution in [3.05, 3.63) is 36.4 Å². The molecule has 2 rings (SSSR count). The maximum atomic E-state index is 5.33. The van der Waals surface area contributed by atoms with Gasteiger partial charge in [-0.1, -0.05) is 0 Å². The third kappa shape index (κ3) is 5.31. The molecule has 18 heavy (non-hydrogen) atoms. The predicted molar refractivity (Wildman–Crippen MR) is 68.1 cm³/mol. The Morgan fingerprint density at radius 1 is 1.33 bits per heavy atom. The molecule has 2 aromatic heterocycles. The van der Waals surface area contributed by atoms with Gasteiger partial charge in [0.2, 0.25) is 6.41 Å². The Morgan fingerprint density at radius 2 is 2.06 bits per heavy atom. The number of hydrogen-bond donors (Lipinski definition) is 1. The van der Waals surface area contributed by atoms with Crippen LogP contribution in [0.1, 0.15) is 20.3 Å². The van der Waals surface area contributed by atoms with Crippen LogP contribution in [0.5, 0.6) is 0 Å². The summed E-state index contributed by atoms with van der Waals surface area (Å²) in [6, 6.07) is 0. The van der Waals surface area contributed by atoms with E-state index < -0.39 is 0 Å². The van der Waals surface area contributed by atoms with Gasteiger partial charge in [-0.15, -0.1) is 0 Å². The van der Waals surface area contributed by atoms with Crippen molar-refractivity contribution in [3.8, 4) is 0 Å². The first-order valence-electron chi connectivity index (χ1n) is 5.63. The monoisotopic (exact) mass is 272 g/mol.